The van der Waals surface area contributed by atoms with Gasteiger partial charge in [-0.05, 0) is 72.5 Å². The molecule has 16 nitrogen and oxygen atoms in total. The smallest absolute Gasteiger partial charge is 0.309 e. The molecule has 2 saturated heterocycles. The minimum absolute atomic E-state index is 0.0507. The number of ketones is 1. The number of aliphatic hydroxyl groups excluding tert-OH is 2. The molecule has 0 spiro atoms. The van der Waals surface area contributed by atoms with Gasteiger partial charge >= 0.3 is 17.9 Å². The number of rotatable bonds is 13. The molecule has 16 heteroatoms. The Morgan fingerprint density at radius 1 is 1.03 bits per heavy atom. The molecule has 0 aromatic heterocycles. The van der Waals surface area contributed by atoms with Crippen LogP contribution >= 0.6 is 0 Å². The summed E-state index contributed by atoms with van der Waals surface area (Å²) in [6.07, 6.45) is -4.13. The quantitative estimate of drug-likeness (QED) is 0.136. The zero-order valence-corrected chi connectivity index (χ0v) is 38.2. The highest BCUT2D eigenvalue weighted by Gasteiger charge is 2.52. The van der Waals surface area contributed by atoms with E-state index >= 15 is 0 Å². The Balaban J connectivity index is 1.99. The third kappa shape index (κ3) is 14.7. The minimum Gasteiger partial charge on any atom is -0.462 e. The molecule has 2 fully saturated rings. The number of carbonyl (C=O) groups is 5. The summed E-state index contributed by atoms with van der Waals surface area (Å²) < 4.78 is 43.0. The summed E-state index contributed by atoms with van der Waals surface area (Å²) in [7, 11) is 3.50. The van der Waals surface area contributed by atoms with E-state index in [0.717, 1.165) is 0 Å². The molecule has 0 amide bonds. The zero-order chi connectivity index (χ0) is 45.9. The van der Waals surface area contributed by atoms with Gasteiger partial charge in [-0.25, -0.2) is 0 Å². The first kappa shape index (κ1) is 52.3. The van der Waals surface area contributed by atoms with Crippen LogP contribution in [0, 0.1) is 29.6 Å². The second-order valence-electron chi connectivity index (χ2n) is 18.1. The van der Waals surface area contributed by atoms with Crippen LogP contribution in [0.4, 0.5) is 0 Å². The summed E-state index contributed by atoms with van der Waals surface area (Å²) in [5.74, 6) is -4.62. The first-order chi connectivity index (χ1) is 28.5. The van der Waals surface area contributed by atoms with Crippen LogP contribution in [0.5, 0.6) is 0 Å². The molecule has 0 radical (unpaired) electrons. The maximum absolute atomic E-state index is 13.6. The number of esters is 3. The Morgan fingerprint density at radius 2 is 1.70 bits per heavy atom. The van der Waals surface area contributed by atoms with Crippen molar-refractivity contribution >= 4 is 30.0 Å². The number of ether oxygens (including phenoxy) is 7. The maximum atomic E-state index is 13.6. The second kappa shape index (κ2) is 23.6. The second-order valence-corrected chi connectivity index (χ2v) is 18.1. The third-order valence-corrected chi connectivity index (χ3v) is 11.9. The number of cyclic esters (lactones) is 1. The van der Waals surface area contributed by atoms with Gasteiger partial charge in [-0.3, -0.25) is 19.2 Å². The average Bonchev–Trinajstić information content (AvgIpc) is 3.15. The van der Waals surface area contributed by atoms with Crippen molar-refractivity contribution in [1.29, 1.82) is 0 Å². The van der Waals surface area contributed by atoms with Gasteiger partial charge in [0.15, 0.2) is 24.5 Å². The molecule has 16 atom stereocenters. The van der Waals surface area contributed by atoms with Crippen molar-refractivity contribution in [3.8, 4) is 0 Å². The fourth-order valence-electron chi connectivity index (χ4n) is 8.77. The normalized spacial score (nSPS) is 39.8. The minimum atomic E-state index is -1.51. The van der Waals surface area contributed by atoms with Crippen molar-refractivity contribution in [3.63, 3.8) is 0 Å². The molecule has 348 valence electrons. The number of likely N-dealkylation sites (N-methyl/N-ethyl adjacent to an activating group) is 1. The van der Waals surface area contributed by atoms with Crippen molar-refractivity contribution < 1.29 is 72.5 Å². The summed E-state index contributed by atoms with van der Waals surface area (Å²) in [6, 6.07) is -0.781. The number of carbonyl (C=O) groups excluding carboxylic acids is 5. The van der Waals surface area contributed by atoms with Crippen molar-refractivity contribution in [2.45, 2.75) is 181 Å². The number of hydrogen-bond acceptors (Lipinski definition) is 16. The number of hydrogen-bond donors (Lipinski definition) is 3. The van der Waals surface area contributed by atoms with Crippen LogP contribution in [0.1, 0.15) is 108 Å². The van der Waals surface area contributed by atoms with E-state index in [2.05, 4.69) is 0 Å². The van der Waals surface area contributed by atoms with Gasteiger partial charge in [0.2, 0.25) is 0 Å². The first-order valence-corrected chi connectivity index (χ1v) is 21.7. The van der Waals surface area contributed by atoms with Gasteiger partial charge in [-0.2, -0.15) is 0 Å². The summed E-state index contributed by atoms with van der Waals surface area (Å²) in [5.41, 5.74) is -0.831. The molecule has 3 heterocycles. The molecule has 16 unspecified atom stereocenters. The van der Waals surface area contributed by atoms with E-state index in [1.54, 1.807) is 72.7 Å². The van der Waals surface area contributed by atoms with Crippen LogP contribution in [0.2, 0.25) is 0 Å². The van der Waals surface area contributed by atoms with Gasteiger partial charge in [0.25, 0.3) is 0 Å². The van der Waals surface area contributed by atoms with Gasteiger partial charge in [0.05, 0.1) is 37.4 Å². The van der Waals surface area contributed by atoms with Crippen molar-refractivity contribution in [3.05, 3.63) is 23.8 Å². The third-order valence-electron chi connectivity index (χ3n) is 11.9. The van der Waals surface area contributed by atoms with Crippen LogP contribution in [-0.4, -0.2) is 144 Å². The van der Waals surface area contributed by atoms with E-state index in [0.29, 0.717) is 18.3 Å². The molecule has 3 aliphatic heterocycles. The molecule has 0 bridgehead atoms. The van der Waals surface area contributed by atoms with Gasteiger partial charge in [0, 0.05) is 43.9 Å². The molecule has 0 aromatic carbocycles. The van der Waals surface area contributed by atoms with E-state index in [4.69, 9.17) is 33.2 Å². The van der Waals surface area contributed by atoms with Crippen molar-refractivity contribution in [2.75, 3.05) is 20.7 Å². The number of nitrogens with zero attached hydrogens (tertiary/aromatic N) is 1. The maximum Gasteiger partial charge on any atom is 0.309 e. The summed E-state index contributed by atoms with van der Waals surface area (Å²) >= 11 is 0. The summed E-state index contributed by atoms with van der Waals surface area (Å²) in [5, 5.41) is 33.8. The highest BCUT2D eigenvalue weighted by molar-refractivity contribution is 5.91. The topological polar surface area (TPSA) is 214 Å². The highest BCUT2D eigenvalue weighted by atomic mass is 16.7. The predicted molar refractivity (Wildman–Crippen MR) is 222 cm³/mol. The fraction of sp³-hybridized carbons (Fsp3) is 0.800. The summed E-state index contributed by atoms with van der Waals surface area (Å²) in [4.78, 5) is 66.3. The molecule has 0 saturated carbocycles. The van der Waals surface area contributed by atoms with E-state index in [1.807, 2.05) is 20.8 Å². The van der Waals surface area contributed by atoms with Gasteiger partial charge in [-0.1, -0.05) is 52.3 Å². The molecule has 0 aliphatic carbocycles. The Kier molecular flexibility index (Phi) is 20.2. The monoisotopic (exact) mass is 867 g/mol. The van der Waals surface area contributed by atoms with E-state index in [1.165, 1.54) is 13.0 Å². The lowest BCUT2D eigenvalue weighted by Gasteiger charge is -2.50. The number of aldehydes is 1. The predicted octanol–water partition coefficient (Wildman–Crippen LogP) is 3.84. The molecular weight excluding hydrogens is 794 g/mol. The molecule has 61 heavy (non-hydrogen) atoms. The SMILES string of the molecule is CCC1OC(=O)CC(OC(C)=O)C(C)C(OC2OC(C)C(OC3CC(C)(O)C(OC(=O)CC(C)C)C(C)O3)C(N(C)C)C2O)C(CC=O)CC(C)C(=O)/C=C/C(C)=C/C1CO. The Hall–Kier alpha value is -3.09. The molecular formula is C45H73NO15. The standard InChI is InChI=1S/C45H73NO15/c1-13-34-32(23-48)19-25(4)14-15-33(50)26(5)20-31(16-17-47)41(27(6)35(57-30(9)49)21-37(52)58-34)61-44-40(53)39(46(11)12)42(28(7)56-44)60-38-22-45(10,54)43(29(8)55-38)59-36(51)18-24(2)3/h14-15,17,19,24,26-29,31-32,34-35,38-44,48,53-54H,13,16,18,20-23H2,1-12H3/b15-14+,25-19+. The van der Waals surface area contributed by atoms with Crippen molar-refractivity contribution in [1.82, 2.24) is 4.90 Å². The first-order valence-electron chi connectivity index (χ1n) is 21.7. The van der Waals surface area contributed by atoms with Gasteiger partial charge in [-0.15, -0.1) is 0 Å². The molecule has 3 rings (SSSR count). The van der Waals surface area contributed by atoms with Crippen LogP contribution in [-0.2, 0) is 57.1 Å². The molecule has 3 aliphatic rings. The molecule has 3 N–H and O–H groups in total. The summed E-state index contributed by atoms with van der Waals surface area (Å²) in [6.45, 7) is 16.7. The average molecular weight is 868 g/mol. The van der Waals surface area contributed by atoms with Crippen LogP contribution in [0.15, 0.2) is 23.8 Å². The van der Waals surface area contributed by atoms with Crippen LogP contribution in [0.3, 0.4) is 0 Å². The lowest BCUT2D eigenvalue weighted by molar-refractivity contribution is -0.342. The van der Waals surface area contributed by atoms with E-state index in [-0.39, 0.29) is 50.4 Å². The number of aliphatic hydroxyl groups is 3. The largest absolute Gasteiger partial charge is 0.462 e. The van der Waals surface area contributed by atoms with E-state index < -0.39 is 115 Å². The number of allylic oxidation sites excluding steroid dienone is 3. The Morgan fingerprint density at radius 3 is 2.26 bits per heavy atom. The van der Waals surface area contributed by atoms with Gasteiger partial charge < -0.3 is 58.2 Å². The Labute approximate surface area is 361 Å². The van der Waals surface area contributed by atoms with Gasteiger partial charge in [0.1, 0.15) is 36.3 Å². The van der Waals surface area contributed by atoms with E-state index in [9.17, 15) is 39.3 Å². The zero-order valence-electron chi connectivity index (χ0n) is 38.2. The Bertz CT molecular complexity index is 1530. The fourth-order valence-corrected chi connectivity index (χ4v) is 8.77. The lowest BCUT2D eigenvalue weighted by atomic mass is 9.79. The van der Waals surface area contributed by atoms with Crippen LogP contribution < -0.4 is 0 Å². The van der Waals surface area contributed by atoms with Crippen molar-refractivity contribution in [2.24, 2.45) is 29.6 Å². The lowest BCUT2D eigenvalue weighted by Crippen LogP contribution is -2.65. The highest BCUT2D eigenvalue weighted by Crippen LogP contribution is 2.38. The molecule has 0 aromatic rings. The van der Waals surface area contributed by atoms with Crippen LogP contribution in [0.25, 0.3) is 0 Å².